The molecule has 0 saturated heterocycles. The fraction of sp³-hybridized carbons (Fsp3) is 0.614. The molecule has 2 saturated carbocycles. The lowest BCUT2D eigenvalue weighted by Gasteiger charge is -2.40. The molecule has 256 valence electrons. The van der Waals surface area contributed by atoms with Crippen LogP contribution in [0.25, 0.3) is 0 Å². The molecule has 2 aromatic carbocycles. The number of carbonyl (C=O) groups is 3. The van der Waals surface area contributed by atoms with Crippen LogP contribution < -0.4 is 0 Å². The summed E-state index contributed by atoms with van der Waals surface area (Å²) in [7, 11) is 0. The highest BCUT2D eigenvalue weighted by Crippen LogP contribution is 2.58. The lowest BCUT2D eigenvalue weighted by Crippen LogP contribution is -2.45. The van der Waals surface area contributed by atoms with E-state index in [9.17, 15) is 14.4 Å². The maximum Gasteiger partial charge on any atom is 0.147 e. The Bertz CT molecular complexity index is 1400. The van der Waals surface area contributed by atoms with Crippen LogP contribution in [0.4, 0.5) is 0 Å². The molecule has 0 aromatic heterocycles. The van der Waals surface area contributed by atoms with Gasteiger partial charge in [0.25, 0.3) is 0 Å². The molecule has 2 aliphatic carbocycles. The highest BCUT2D eigenvalue weighted by atomic mass is 16.2. The summed E-state index contributed by atoms with van der Waals surface area (Å²) in [5.74, 6) is 1.12. The van der Waals surface area contributed by atoms with Gasteiger partial charge >= 0.3 is 0 Å². The quantitative estimate of drug-likeness (QED) is 0.0927. The first-order valence-corrected chi connectivity index (χ1v) is 18.6. The summed E-state index contributed by atoms with van der Waals surface area (Å²) in [5.41, 5.74) is 7.95. The summed E-state index contributed by atoms with van der Waals surface area (Å²) in [6, 6.07) is 16.1. The maximum atomic E-state index is 13.7. The van der Waals surface area contributed by atoms with Crippen LogP contribution in [0.5, 0.6) is 0 Å². The third-order valence-corrected chi connectivity index (χ3v) is 12.3. The van der Waals surface area contributed by atoms with E-state index in [0.717, 1.165) is 56.9 Å². The molecule has 0 bridgehead atoms. The molecule has 0 N–H and O–H groups in total. The Kier molecular flexibility index (Phi) is 12.3. The van der Waals surface area contributed by atoms with Gasteiger partial charge in [0, 0.05) is 19.3 Å². The van der Waals surface area contributed by atoms with Crippen molar-refractivity contribution in [2.45, 2.75) is 151 Å². The van der Waals surface area contributed by atoms with Crippen molar-refractivity contribution in [3.05, 3.63) is 82.4 Å². The molecule has 0 heterocycles. The maximum absolute atomic E-state index is 13.7. The number of carbonyl (C=O) groups excluding carboxylic acids is 3. The molecule has 1 atom stereocenters. The van der Waals surface area contributed by atoms with Crippen LogP contribution in [-0.2, 0) is 33.6 Å². The Morgan fingerprint density at radius 3 is 2.06 bits per heavy atom. The molecule has 3 nitrogen and oxygen atoms in total. The lowest BCUT2D eigenvalue weighted by atomic mass is 9.61. The molecule has 2 aliphatic rings. The second-order valence-corrected chi connectivity index (χ2v) is 16.6. The minimum Gasteiger partial charge on any atom is -0.300 e. The van der Waals surface area contributed by atoms with Crippen molar-refractivity contribution in [2.75, 3.05) is 0 Å². The van der Waals surface area contributed by atoms with E-state index in [0.29, 0.717) is 48.9 Å². The monoisotopic (exact) mass is 638 g/mol. The third-order valence-electron chi connectivity index (χ3n) is 12.3. The number of unbranched alkanes of at least 4 members (excludes halogenated alkanes) is 1. The third kappa shape index (κ3) is 9.01. The Balaban J connectivity index is 1.40. The zero-order valence-corrected chi connectivity index (χ0v) is 30.7. The smallest absolute Gasteiger partial charge is 0.147 e. The second-order valence-electron chi connectivity index (χ2n) is 16.6. The van der Waals surface area contributed by atoms with Crippen LogP contribution in [0.15, 0.2) is 54.6 Å². The summed E-state index contributed by atoms with van der Waals surface area (Å²) in [5, 5.41) is 0. The van der Waals surface area contributed by atoms with E-state index >= 15 is 0 Å². The predicted molar refractivity (Wildman–Crippen MR) is 196 cm³/mol. The molecule has 0 unspecified atom stereocenters. The summed E-state index contributed by atoms with van der Waals surface area (Å²) < 4.78 is 0. The molecular formula is C44H62O3. The van der Waals surface area contributed by atoms with Crippen molar-refractivity contribution < 1.29 is 14.4 Å². The Morgan fingerprint density at radius 2 is 1.49 bits per heavy atom. The van der Waals surface area contributed by atoms with Crippen molar-refractivity contribution >= 4 is 17.3 Å². The number of benzene rings is 2. The molecular weight excluding hydrogens is 576 g/mol. The van der Waals surface area contributed by atoms with Gasteiger partial charge in [0.1, 0.15) is 17.3 Å². The topological polar surface area (TPSA) is 51.2 Å². The van der Waals surface area contributed by atoms with Gasteiger partial charge in [-0.05, 0) is 123 Å². The van der Waals surface area contributed by atoms with Crippen molar-refractivity contribution in [3.8, 4) is 0 Å². The molecule has 0 amide bonds. The van der Waals surface area contributed by atoms with E-state index in [-0.39, 0.29) is 23.3 Å². The zero-order chi connectivity index (χ0) is 34.4. The molecule has 2 aromatic rings. The van der Waals surface area contributed by atoms with E-state index < -0.39 is 5.41 Å². The Morgan fingerprint density at radius 1 is 0.851 bits per heavy atom. The van der Waals surface area contributed by atoms with E-state index in [1.54, 1.807) is 12.5 Å². The first-order valence-electron chi connectivity index (χ1n) is 18.6. The van der Waals surface area contributed by atoms with Crippen molar-refractivity contribution in [3.63, 3.8) is 0 Å². The van der Waals surface area contributed by atoms with Gasteiger partial charge in [-0.2, -0.15) is 0 Å². The fourth-order valence-electron chi connectivity index (χ4n) is 8.25. The van der Waals surface area contributed by atoms with Crippen molar-refractivity contribution in [2.24, 2.45) is 22.2 Å². The van der Waals surface area contributed by atoms with Gasteiger partial charge in [-0.1, -0.05) is 108 Å². The number of hydrogen-bond acceptors (Lipinski definition) is 3. The van der Waals surface area contributed by atoms with Crippen LogP contribution in [0, 0.1) is 29.1 Å². The average molecular weight is 639 g/mol. The van der Waals surface area contributed by atoms with Crippen molar-refractivity contribution in [1.82, 2.24) is 0 Å². The summed E-state index contributed by atoms with van der Waals surface area (Å²) in [4.78, 5) is 38.2. The highest BCUT2D eigenvalue weighted by molar-refractivity contribution is 6.08. The average Bonchev–Trinajstić information content (AvgIpc) is 3.20. The zero-order valence-electron chi connectivity index (χ0n) is 30.7. The Hall–Kier alpha value is -2.81. The molecule has 0 aliphatic heterocycles. The molecule has 0 spiro atoms. The lowest BCUT2D eigenvalue weighted by molar-refractivity contribution is -0.147. The van der Waals surface area contributed by atoms with Gasteiger partial charge in [0.05, 0.1) is 5.41 Å². The number of hydrogen-bond donors (Lipinski definition) is 0. The van der Waals surface area contributed by atoms with Crippen LogP contribution >= 0.6 is 0 Å². The standard InChI is InChI=1S/C44H62O3/c1-9-13-40(46)44(24-12-25-44)41(47)28-37(15-11-10-14-33(4)45)32(3)27-35-19-17-34(18-20-35)21-23-36-22-16-31(2)26-39(36)38-29-42(5,6)43(7,8)30-38/h16-20,22,26,37-38H,3,9-15,21,23-25,27-30H2,1-2,4-8H3/t37-/m1/s1. The van der Waals surface area contributed by atoms with Gasteiger partial charge in [-0.25, -0.2) is 0 Å². The van der Waals surface area contributed by atoms with Crippen LogP contribution in [0.3, 0.4) is 0 Å². The van der Waals surface area contributed by atoms with Gasteiger partial charge in [0.15, 0.2) is 0 Å². The predicted octanol–water partition coefficient (Wildman–Crippen LogP) is 11.1. The van der Waals surface area contributed by atoms with E-state index in [1.165, 1.54) is 35.1 Å². The molecule has 3 heteroatoms. The van der Waals surface area contributed by atoms with Crippen molar-refractivity contribution in [1.29, 1.82) is 0 Å². The summed E-state index contributed by atoms with van der Waals surface area (Å²) >= 11 is 0. The van der Waals surface area contributed by atoms with Crippen LogP contribution in [0.2, 0.25) is 0 Å². The normalized spacial score (nSPS) is 18.8. The molecule has 47 heavy (non-hydrogen) atoms. The minimum atomic E-state index is -0.753. The highest BCUT2D eigenvalue weighted by Gasteiger charge is 2.49. The summed E-state index contributed by atoms with van der Waals surface area (Å²) in [6.07, 6.45) is 12.4. The number of aryl methyl sites for hydroxylation is 3. The van der Waals surface area contributed by atoms with Crippen LogP contribution in [-0.4, -0.2) is 17.3 Å². The Labute approximate surface area is 286 Å². The van der Waals surface area contributed by atoms with Crippen LogP contribution in [0.1, 0.15) is 152 Å². The largest absolute Gasteiger partial charge is 0.300 e. The first kappa shape index (κ1) is 37.0. The first-order chi connectivity index (χ1) is 22.2. The SMILES string of the molecule is C=C(Cc1ccc(CCc2ccc(C)cc2C2CC(C)(C)C(C)(C)C2)cc1)[C@H](CCCCC(C)=O)CC(=O)C1(C(=O)CCC)CCC1. The second kappa shape index (κ2) is 15.6. The van der Waals surface area contributed by atoms with E-state index in [2.05, 4.69) is 83.7 Å². The van der Waals surface area contributed by atoms with E-state index in [1.807, 2.05) is 6.92 Å². The molecule has 0 radical (unpaired) electrons. The van der Waals surface area contributed by atoms with E-state index in [4.69, 9.17) is 0 Å². The number of allylic oxidation sites excluding steroid dienone is 1. The van der Waals surface area contributed by atoms with Gasteiger partial charge < -0.3 is 4.79 Å². The van der Waals surface area contributed by atoms with Gasteiger partial charge in [0.2, 0.25) is 0 Å². The molecule has 2 fully saturated rings. The number of ketones is 3. The molecule has 4 rings (SSSR count). The van der Waals surface area contributed by atoms with Gasteiger partial charge in [-0.15, -0.1) is 0 Å². The number of Topliss-reactive ketones (excluding diaryl/α,β-unsaturated/α-hetero) is 3. The van der Waals surface area contributed by atoms with Gasteiger partial charge in [-0.3, -0.25) is 9.59 Å². The number of rotatable bonds is 18. The summed E-state index contributed by atoms with van der Waals surface area (Å²) in [6.45, 7) is 20.1. The minimum absolute atomic E-state index is 0.0338. The fourth-order valence-corrected chi connectivity index (χ4v) is 8.25.